The van der Waals surface area contributed by atoms with Gasteiger partial charge >= 0.3 is 0 Å². The van der Waals surface area contributed by atoms with E-state index in [9.17, 15) is 0 Å². The first-order valence-electron chi connectivity index (χ1n) is 21.2. The van der Waals surface area contributed by atoms with Crippen LogP contribution >= 0.6 is 0 Å². The van der Waals surface area contributed by atoms with E-state index in [1.807, 2.05) is 0 Å². The van der Waals surface area contributed by atoms with Gasteiger partial charge in [-0.05, 0) is 156 Å². The fourth-order valence-electron chi connectivity index (χ4n) is 14.3. The standard InChI is InChI=1S/C52H47NO/c1-8-22-51(23-9-1)45-13-5-2-11-40(45)43-29-36(17-20-46(43)51)53(37-18-21-50-44(30-37)42-12-4-7-15-49(42)54-50)38-16-19-41-39-10-3-6-14-47(39)52(48(41)31-38)34-25-32-24-33(27-34)28-35(52)26-32/h2-7,10-21,29-30,32-35,38H,1,8-9,22-28,31H2. The van der Waals surface area contributed by atoms with Crippen LogP contribution < -0.4 is 4.90 Å². The SMILES string of the molecule is C1=CC(N(c2ccc3c(c2)-c2ccccc2C32CCCCC2)c2ccc3oc4ccccc4c3c2)CC2=C1c1ccccc1C21C2CC3CC(C2)CC1C3. The summed E-state index contributed by atoms with van der Waals surface area (Å²) >= 11 is 0. The largest absolute Gasteiger partial charge is 0.456 e. The Morgan fingerprint density at radius 1 is 0.556 bits per heavy atom. The van der Waals surface area contributed by atoms with E-state index in [1.54, 1.807) is 27.8 Å². The van der Waals surface area contributed by atoms with Gasteiger partial charge in [0.1, 0.15) is 11.2 Å². The lowest BCUT2D eigenvalue weighted by atomic mass is 9.42. The second-order valence-electron chi connectivity index (χ2n) is 18.3. The molecule has 0 radical (unpaired) electrons. The van der Waals surface area contributed by atoms with Crippen LogP contribution in [0.3, 0.4) is 0 Å². The van der Waals surface area contributed by atoms with Crippen molar-refractivity contribution in [2.75, 3.05) is 4.90 Å². The highest BCUT2D eigenvalue weighted by molar-refractivity contribution is 6.06. The van der Waals surface area contributed by atoms with Crippen LogP contribution in [0.1, 0.15) is 92.9 Å². The van der Waals surface area contributed by atoms with Crippen LogP contribution in [0.2, 0.25) is 0 Å². The van der Waals surface area contributed by atoms with E-state index >= 15 is 0 Å². The van der Waals surface area contributed by atoms with Gasteiger partial charge in [-0.25, -0.2) is 0 Å². The topological polar surface area (TPSA) is 16.4 Å². The normalized spacial score (nSPS) is 29.3. The predicted octanol–water partition coefficient (Wildman–Crippen LogP) is 13.4. The van der Waals surface area contributed by atoms with Crippen molar-refractivity contribution in [2.24, 2.45) is 23.7 Å². The Morgan fingerprint density at radius 2 is 1.22 bits per heavy atom. The second kappa shape index (κ2) is 10.9. The Hall–Kier alpha value is -4.82. The van der Waals surface area contributed by atoms with Gasteiger partial charge < -0.3 is 9.32 Å². The monoisotopic (exact) mass is 701 g/mol. The third kappa shape index (κ3) is 3.87. The molecule has 0 aliphatic heterocycles. The highest BCUT2D eigenvalue weighted by Gasteiger charge is 2.62. The molecule has 0 amide bonds. The van der Waals surface area contributed by atoms with Crippen LogP contribution in [0.25, 0.3) is 38.6 Å². The predicted molar refractivity (Wildman–Crippen MR) is 221 cm³/mol. The van der Waals surface area contributed by atoms with Gasteiger partial charge in [-0.3, -0.25) is 0 Å². The number of allylic oxidation sites excluding steroid dienone is 2. The van der Waals surface area contributed by atoms with Crippen molar-refractivity contribution < 1.29 is 4.42 Å². The molecule has 1 atom stereocenters. The molecule has 54 heavy (non-hydrogen) atoms. The number of para-hydroxylation sites is 1. The molecule has 2 spiro atoms. The van der Waals surface area contributed by atoms with Gasteiger partial charge in [0.05, 0.1) is 6.04 Å². The number of benzene rings is 5. The molecule has 1 heterocycles. The molecule has 0 saturated heterocycles. The molecule has 5 fully saturated rings. The minimum absolute atomic E-state index is 0.161. The van der Waals surface area contributed by atoms with Crippen LogP contribution in [0.4, 0.5) is 11.4 Å². The Morgan fingerprint density at radius 3 is 2.06 bits per heavy atom. The van der Waals surface area contributed by atoms with Crippen molar-refractivity contribution in [3.05, 3.63) is 149 Å². The number of furan rings is 1. The van der Waals surface area contributed by atoms with Crippen molar-refractivity contribution in [1.82, 2.24) is 0 Å². The van der Waals surface area contributed by atoms with E-state index in [-0.39, 0.29) is 16.9 Å². The summed E-state index contributed by atoms with van der Waals surface area (Å²) in [5.41, 5.74) is 17.4. The number of nitrogens with zero attached hydrogens (tertiary/aromatic N) is 1. The zero-order valence-corrected chi connectivity index (χ0v) is 31.1. The third-order valence-corrected chi connectivity index (χ3v) is 16.0. The quantitative estimate of drug-likeness (QED) is 0.183. The maximum absolute atomic E-state index is 6.38. The molecule has 6 aromatic rings. The first kappa shape index (κ1) is 30.5. The van der Waals surface area contributed by atoms with Crippen LogP contribution in [-0.4, -0.2) is 6.04 Å². The lowest BCUT2D eigenvalue weighted by Gasteiger charge is -2.62. The van der Waals surface area contributed by atoms with Gasteiger partial charge in [0, 0.05) is 33.0 Å². The molecule has 8 aliphatic rings. The lowest BCUT2D eigenvalue weighted by Crippen LogP contribution is -2.56. The Kier molecular flexibility index (Phi) is 6.16. The number of hydrogen-bond donors (Lipinski definition) is 0. The number of anilines is 2. The van der Waals surface area contributed by atoms with Gasteiger partial charge in [0.15, 0.2) is 0 Å². The number of hydrogen-bond acceptors (Lipinski definition) is 2. The first-order chi connectivity index (χ1) is 26.7. The number of rotatable bonds is 3. The van der Waals surface area contributed by atoms with Gasteiger partial charge in [-0.2, -0.15) is 0 Å². The van der Waals surface area contributed by atoms with Crippen molar-refractivity contribution in [3.8, 4) is 11.1 Å². The summed E-state index contributed by atoms with van der Waals surface area (Å²) in [6, 6.07) is 42.3. The van der Waals surface area contributed by atoms with E-state index in [0.717, 1.165) is 41.3 Å². The average Bonchev–Trinajstić information content (AvgIpc) is 3.82. The molecule has 4 bridgehead atoms. The van der Waals surface area contributed by atoms with Crippen molar-refractivity contribution in [3.63, 3.8) is 0 Å². The zero-order valence-electron chi connectivity index (χ0n) is 31.1. The highest BCUT2D eigenvalue weighted by Crippen LogP contribution is 2.70. The smallest absolute Gasteiger partial charge is 0.135 e. The van der Waals surface area contributed by atoms with Gasteiger partial charge in [-0.1, -0.05) is 104 Å². The fraction of sp³-hybridized carbons (Fsp3) is 0.346. The van der Waals surface area contributed by atoms with Crippen molar-refractivity contribution >= 4 is 38.9 Å². The average molecular weight is 702 g/mol. The van der Waals surface area contributed by atoms with Gasteiger partial charge in [0.2, 0.25) is 0 Å². The van der Waals surface area contributed by atoms with E-state index in [0.29, 0.717) is 0 Å². The van der Waals surface area contributed by atoms with Crippen molar-refractivity contribution in [2.45, 2.75) is 87.5 Å². The molecule has 8 aliphatic carbocycles. The Bertz CT molecular complexity index is 2580. The Balaban J connectivity index is 0.991. The summed E-state index contributed by atoms with van der Waals surface area (Å²) in [6.07, 6.45) is 19.9. The molecule has 14 rings (SSSR count). The van der Waals surface area contributed by atoms with Crippen LogP contribution in [-0.2, 0) is 10.8 Å². The molecule has 1 unspecified atom stereocenters. The molecule has 2 nitrogen and oxygen atoms in total. The van der Waals surface area contributed by atoms with E-state index in [2.05, 4.69) is 126 Å². The molecule has 5 aromatic carbocycles. The molecular formula is C52H47NO. The van der Waals surface area contributed by atoms with E-state index < -0.39 is 0 Å². The molecule has 1 aromatic heterocycles. The third-order valence-electron chi connectivity index (χ3n) is 16.0. The highest BCUT2D eigenvalue weighted by atomic mass is 16.3. The fourth-order valence-corrected chi connectivity index (χ4v) is 14.3. The minimum Gasteiger partial charge on any atom is -0.456 e. The second-order valence-corrected chi connectivity index (χ2v) is 18.3. The summed E-state index contributed by atoms with van der Waals surface area (Å²) < 4.78 is 6.38. The van der Waals surface area contributed by atoms with Crippen LogP contribution in [0.15, 0.2) is 131 Å². The molecular weight excluding hydrogens is 655 g/mol. The molecule has 2 heteroatoms. The lowest BCUT2D eigenvalue weighted by molar-refractivity contribution is -0.0435. The summed E-state index contributed by atoms with van der Waals surface area (Å²) in [5.74, 6) is 3.44. The van der Waals surface area contributed by atoms with E-state index in [1.165, 1.54) is 103 Å². The molecule has 0 N–H and O–H groups in total. The number of fused-ring (bicyclic) bond motifs is 10. The zero-order chi connectivity index (χ0) is 35.2. The Labute approximate surface area is 318 Å². The summed E-state index contributed by atoms with van der Waals surface area (Å²) in [6.45, 7) is 0. The maximum atomic E-state index is 6.38. The molecule has 5 saturated carbocycles. The summed E-state index contributed by atoms with van der Waals surface area (Å²) in [7, 11) is 0. The summed E-state index contributed by atoms with van der Waals surface area (Å²) in [4.78, 5) is 2.71. The maximum Gasteiger partial charge on any atom is 0.135 e. The van der Waals surface area contributed by atoms with Crippen molar-refractivity contribution in [1.29, 1.82) is 0 Å². The van der Waals surface area contributed by atoms with Gasteiger partial charge in [-0.15, -0.1) is 0 Å². The van der Waals surface area contributed by atoms with Crippen LogP contribution in [0, 0.1) is 23.7 Å². The first-order valence-corrected chi connectivity index (χ1v) is 21.2. The van der Waals surface area contributed by atoms with Gasteiger partial charge in [0.25, 0.3) is 0 Å². The van der Waals surface area contributed by atoms with Crippen LogP contribution in [0.5, 0.6) is 0 Å². The minimum atomic E-state index is 0.161. The molecule has 266 valence electrons. The van der Waals surface area contributed by atoms with E-state index in [4.69, 9.17) is 4.42 Å². The summed E-state index contributed by atoms with van der Waals surface area (Å²) in [5, 5.41) is 2.39.